The molecule has 5 nitrogen and oxygen atoms in total. The molecule has 98 valence electrons. The van der Waals surface area contributed by atoms with Gasteiger partial charge < -0.3 is 9.84 Å². The van der Waals surface area contributed by atoms with Gasteiger partial charge in [-0.05, 0) is 19.9 Å². The number of hydrogen-bond donors (Lipinski definition) is 1. The molecule has 6 heteroatoms. The summed E-state index contributed by atoms with van der Waals surface area (Å²) in [4.78, 5) is 10.5. The van der Waals surface area contributed by atoms with Crippen LogP contribution in [0.5, 0.6) is 5.75 Å². The van der Waals surface area contributed by atoms with E-state index in [2.05, 4.69) is 22.5 Å². The van der Waals surface area contributed by atoms with E-state index in [1.807, 2.05) is 0 Å². The van der Waals surface area contributed by atoms with Crippen LogP contribution in [0.2, 0.25) is 0 Å². The lowest BCUT2D eigenvalue weighted by molar-refractivity contribution is -0.386. The molecule has 0 bridgehead atoms. The van der Waals surface area contributed by atoms with Gasteiger partial charge >= 0.3 is 5.69 Å². The fourth-order valence-electron chi connectivity index (χ4n) is 1.41. The normalized spacial score (nSPS) is 13.8. The van der Waals surface area contributed by atoms with E-state index >= 15 is 0 Å². The van der Waals surface area contributed by atoms with Crippen molar-refractivity contribution in [2.75, 3.05) is 0 Å². The summed E-state index contributed by atoms with van der Waals surface area (Å²) < 4.78 is 5.98. The second-order valence-corrected chi connectivity index (χ2v) is 4.75. The third-order valence-electron chi connectivity index (χ3n) is 2.35. The Morgan fingerprint density at radius 2 is 2.17 bits per heavy atom. The van der Waals surface area contributed by atoms with Gasteiger partial charge in [0.15, 0.2) is 0 Å². The van der Waals surface area contributed by atoms with Crippen LogP contribution in [0.3, 0.4) is 0 Å². The third kappa shape index (κ3) is 3.30. The number of ether oxygens (including phenoxy) is 1. The topological polar surface area (TPSA) is 72.6 Å². The molecule has 0 saturated carbocycles. The molecule has 1 N–H and O–H groups in total. The number of aliphatic hydroxyl groups excluding tert-OH is 1. The number of benzene rings is 1. The summed E-state index contributed by atoms with van der Waals surface area (Å²) in [6.07, 6.45) is 0.271. The predicted octanol–water partition coefficient (Wildman–Crippen LogP) is 3.36. The first kappa shape index (κ1) is 14.7. The average molecular weight is 316 g/mol. The zero-order valence-electron chi connectivity index (χ0n) is 10.1. The van der Waals surface area contributed by atoms with Crippen molar-refractivity contribution in [2.45, 2.75) is 26.1 Å². The van der Waals surface area contributed by atoms with Crippen molar-refractivity contribution < 1.29 is 14.8 Å². The van der Waals surface area contributed by atoms with Gasteiger partial charge in [-0.3, -0.25) is 10.1 Å². The molecule has 1 unspecified atom stereocenters. The Balaban J connectivity index is 3.40. The van der Waals surface area contributed by atoms with E-state index in [-0.39, 0.29) is 17.5 Å². The zero-order chi connectivity index (χ0) is 13.9. The van der Waals surface area contributed by atoms with Crippen LogP contribution in [-0.2, 0) is 0 Å². The molecule has 0 aromatic heterocycles. The van der Waals surface area contributed by atoms with E-state index in [1.54, 1.807) is 13.0 Å². The molecule has 0 aliphatic rings. The van der Waals surface area contributed by atoms with Gasteiger partial charge in [0.1, 0.15) is 6.10 Å². The van der Waals surface area contributed by atoms with Gasteiger partial charge in [-0.2, -0.15) is 0 Å². The Hall–Kier alpha value is -1.40. The number of rotatable bonds is 5. The van der Waals surface area contributed by atoms with Crippen LogP contribution in [0.1, 0.15) is 25.5 Å². The van der Waals surface area contributed by atoms with Crippen LogP contribution in [0.15, 0.2) is 29.3 Å². The summed E-state index contributed by atoms with van der Waals surface area (Å²) in [5.41, 5.74) is 0.179. The third-order valence-corrected chi connectivity index (χ3v) is 2.80. The van der Waals surface area contributed by atoms with Crippen molar-refractivity contribution in [1.82, 2.24) is 0 Å². The molecule has 0 aliphatic heterocycles. The number of nitro groups is 1. The standard InChI is InChI=1S/C12H14BrNO4/c1-4-7(2)18-12-10(8(3)15)5-9(13)6-11(12)14(16)17/h4-8,15H,1H2,2-3H3/t7?,8-/m0/s1. The predicted molar refractivity (Wildman–Crippen MR) is 71.7 cm³/mol. The molecule has 1 aromatic carbocycles. The maximum atomic E-state index is 11.0. The molecule has 1 aromatic rings. The van der Waals surface area contributed by atoms with E-state index < -0.39 is 11.0 Å². The summed E-state index contributed by atoms with van der Waals surface area (Å²) in [5.74, 6) is 0.0746. The van der Waals surface area contributed by atoms with E-state index in [0.717, 1.165) is 0 Å². The highest BCUT2D eigenvalue weighted by atomic mass is 79.9. The van der Waals surface area contributed by atoms with Gasteiger partial charge in [-0.15, -0.1) is 0 Å². The van der Waals surface area contributed by atoms with Crippen LogP contribution >= 0.6 is 15.9 Å². The van der Waals surface area contributed by atoms with E-state index in [9.17, 15) is 15.2 Å². The highest BCUT2D eigenvalue weighted by Gasteiger charge is 2.24. The van der Waals surface area contributed by atoms with Crippen molar-refractivity contribution in [2.24, 2.45) is 0 Å². The maximum Gasteiger partial charge on any atom is 0.312 e. The van der Waals surface area contributed by atoms with Crippen molar-refractivity contribution in [1.29, 1.82) is 0 Å². The Labute approximate surface area is 113 Å². The Bertz CT molecular complexity index is 473. The first-order valence-corrected chi connectivity index (χ1v) is 6.11. The molecule has 0 saturated heterocycles. The molecule has 0 fully saturated rings. The first-order valence-electron chi connectivity index (χ1n) is 5.32. The van der Waals surface area contributed by atoms with Crippen LogP contribution in [0.4, 0.5) is 5.69 Å². The van der Waals surface area contributed by atoms with Gasteiger partial charge in [0, 0.05) is 16.1 Å². The van der Waals surface area contributed by atoms with Crippen molar-refractivity contribution in [3.63, 3.8) is 0 Å². The van der Waals surface area contributed by atoms with Gasteiger partial charge in [-0.25, -0.2) is 0 Å². The molecule has 0 amide bonds. The van der Waals surface area contributed by atoms with Crippen LogP contribution < -0.4 is 4.74 Å². The first-order chi connectivity index (χ1) is 8.36. The van der Waals surface area contributed by atoms with Crippen LogP contribution in [-0.4, -0.2) is 16.1 Å². The van der Waals surface area contributed by atoms with Gasteiger partial charge in [0.05, 0.1) is 11.0 Å². The highest BCUT2D eigenvalue weighted by Crippen LogP contribution is 2.38. The van der Waals surface area contributed by atoms with Gasteiger partial charge in [-0.1, -0.05) is 28.6 Å². The number of aliphatic hydroxyl groups is 1. The average Bonchev–Trinajstić information content (AvgIpc) is 2.29. The molecule has 18 heavy (non-hydrogen) atoms. The SMILES string of the molecule is C=CC(C)Oc1c([C@H](C)O)cc(Br)cc1[N+](=O)[O-]. The second-order valence-electron chi connectivity index (χ2n) is 3.84. The molecule has 1 rings (SSSR count). The van der Waals surface area contributed by atoms with Gasteiger partial charge in [0.2, 0.25) is 5.75 Å². The van der Waals surface area contributed by atoms with Crippen molar-refractivity contribution in [3.05, 3.63) is 44.9 Å². The molecule has 0 aliphatic carbocycles. The summed E-state index contributed by atoms with van der Waals surface area (Å²) in [6.45, 7) is 6.79. The van der Waals surface area contributed by atoms with Crippen molar-refractivity contribution >= 4 is 21.6 Å². The smallest absolute Gasteiger partial charge is 0.312 e. The Morgan fingerprint density at radius 1 is 1.56 bits per heavy atom. The van der Waals surface area contributed by atoms with E-state index in [4.69, 9.17) is 4.74 Å². The zero-order valence-corrected chi connectivity index (χ0v) is 11.7. The molecular formula is C12H14BrNO4. The van der Waals surface area contributed by atoms with Crippen LogP contribution in [0, 0.1) is 10.1 Å². The Kier molecular flexibility index (Phi) is 4.86. The summed E-state index contributed by atoms with van der Waals surface area (Å²) >= 11 is 3.18. The largest absolute Gasteiger partial charge is 0.479 e. The minimum atomic E-state index is -0.867. The highest BCUT2D eigenvalue weighted by molar-refractivity contribution is 9.10. The lowest BCUT2D eigenvalue weighted by Crippen LogP contribution is -2.12. The number of nitro benzene ring substituents is 1. The van der Waals surface area contributed by atoms with Gasteiger partial charge in [0.25, 0.3) is 0 Å². The number of nitrogens with zero attached hydrogens (tertiary/aromatic N) is 1. The molecule has 0 radical (unpaired) electrons. The fourth-order valence-corrected chi connectivity index (χ4v) is 1.87. The minimum absolute atomic E-state index is 0.0746. The van der Waals surface area contributed by atoms with Crippen LogP contribution in [0.25, 0.3) is 0 Å². The van der Waals surface area contributed by atoms with E-state index in [1.165, 1.54) is 19.1 Å². The molecule has 0 heterocycles. The lowest BCUT2D eigenvalue weighted by atomic mass is 10.1. The number of halogens is 1. The van der Waals surface area contributed by atoms with E-state index in [0.29, 0.717) is 10.0 Å². The lowest BCUT2D eigenvalue weighted by Gasteiger charge is -2.16. The monoisotopic (exact) mass is 315 g/mol. The molecular weight excluding hydrogens is 302 g/mol. The second kappa shape index (κ2) is 5.97. The summed E-state index contributed by atoms with van der Waals surface area (Å²) in [7, 11) is 0. The molecule has 0 spiro atoms. The minimum Gasteiger partial charge on any atom is -0.479 e. The maximum absolute atomic E-state index is 11.0. The Morgan fingerprint density at radius 3 is 2.61 bits per heavy atom. The van der Waals surface area contributed by atoms with Crippen molar-refractivity contribution in [3.8, 4) is 5.75 Å². The molecule has 2 atom stereocenters. The summed E-state index contributed by atoms with van der Waals surface area (Å²) in [5, 5.41) is 20.7. The number of hydrogen-bond acceptors (Lipinski definition) is 4. The summed E-state index contributed by atoms with van der Waals surface area (Å²) in [6, 6.07) is 2.94. The quantitative estimate of drug-likeness (QED) is 0.513. The fraction of sp³-hybridized carbons (Fsp3) is 0.333.